The predicted molar refractivity (Wildman–Crippen MR) is 104 cm³/mol. The molecule has 7 heteroatoms. The summed E-state index contributed by atoms with van der Waals surface area (Å²) >= 11 is 6.12. The molecule has 0 radical (unpaired) electrons. The molecule has 2 aromatic carbocycles. The lowest BCUT2D eigenvalue weighted by molar-refractivity contribution is -0.120. The van der Waals surface area contributed by atoms with E-state index in [-0.39, 0.29) is 18.2 Å². The van der Waals surface area contributed by atoms with Crippen molar-refractivity contribution in [3.63, 3.8) is 0 Å². The number of hydrogen-bond acceptors (Lipinski definition) is 3. The van der Waals surface area contributed by atoms with Gasteiger partial charge in [-0.2, -0.15) is 4.31 Å². The first-order valence-electron chi connectivity index (χ1n) is 8.45. The Labute approximate surface area is 159 Å². The molecule has 0 saturated heterocycles. The maximum atomic E-state index is 12.9. The fraction of sp³-hybridized carbons (Fsp3) is 0.316. The van der Waals surface area contributed by atoms with Crippen LogP contribution >= 0.6 is 11.6 Å². The summed E-state index contributed by atoms with van der Waals surface area (Å²) in [5.74, 6) is -0.397. The van der Waals surface area contributed by atoms with Crippen molar-refractivity contribution in [1.29, 1.82) is 0 Å². The Morgan fingerprint density at radius 1 is 1.23 bits per heavy atom. The summed E-state index contributed by atoms with van der Waals surface area (Å²) in [6, 6.07) is 12.1. The van der Waals surface area contributed by atoms with Gasteiger partial charge in [0.15, 0.2) is 0 Å². The van der Waals surface area contributed by atoms with Crippen LogP contribution in [0.2, 0.25) is 5.02 Å². The molecule has 1 atom stereocenters. The fourth-order valence-corrected chi connectivity index (χ4v) is 4.48. The monoisotopic (exact) mass is 392 g/mol. The lowest BCUT2D eigenvalue weighted by Crippen LogP contribution is -2.51. The van der Waals surface area contributed by atoms with Gasteiger partial charge in [0.05, 0.1) is 5.75 Å². The van der Waals surface area contributed by atoms with Crippen LogP contribution in [0.1, 0.15) is 23.6 Å². The number of carbonyl (C=O) groups excluding carboxylic acids is 1. The molecule has 1 amide bonds. The molecule has 0 bridgehead atoms. The Morgan fingerprint density at radius 2 is 1.92 bits per heavy atom. The second-order valence-corrected chi connectivity index (χ2v) is 9.01. The van der Waals surface area contributed by atoms with E-state index in [2.05, 4.69) is 5.32 Å². The van der Waals surface area contributed by atoms with Crippen LogP contribution in [0, 0.1) is 6.92 Å². The highest BCUT2D eigenvalue weighted by atomic mass is 35.5. The molecule has 0 aromatic heterocycles. The topological polar surface area (TPSA) is 66.5 Å². The lowest BCUT2D eigenvalue weighted by Gasteiger charge is -2.34. The number of rotatable bonds is 4. The van der Waals surface area contributed by atoms with E-state index in [9.17, 15) is 13.2 Å². The van der Waals surface area contributed by atoms with E-state index in [1.54, 1.807) is 19.1 Å². The number of anilines is 1. The average molecular weight is 393 g/mol. The molecular formula is C19H21ClN2O3S. The Kier molecular flexibility index (Phi) is 5.37. The standard InChI is InChI=1S/C19H21ClN2O3S/c1-3-26(24,25)22-12-15-7-5-4-6-14(15)10-18(22)19(23)21-16-9-8-13(2)17(20)11-16/h4-9,11,18H,3,10,12H2,1-2H3,(H,21,23)/t18-/m1/s1. The van der Waals surface area contributed by atoms with Crippen LogP contribution in [0.4, 0.5) is 5.69 Å². The molecule has 1 N–H and O–H groups in total. The smallest absolute Gasteiger partial charge is 0.243 e. The van der Waals surface area contributed by atoms with Gasteiger partial charge in [-0.15, -0.1) is 0 Å². The molecule has 2 aromatic rings. The van der Waals surface area contributed by atoms with Gasteiger partial charge in [-0.25, -0.2) is 8.42 Å². The van der Waals surface area contributed by atoms with Crippen molar-refractivity contribution in [3.8, 4) is 0 Å². The Bertz CT molecular complexity index is 944. The number of nitrogens with zero attached hydrogens (tertiary/aromatic N) is 1. The summed E-state index contributed by atoms with van der Waals surface area (Å²) < 4.78 is 26.4. The molecule has 0 aliphatic carbocycles. The van der Waals surface area contributed by atoms with Gasteiger partial charge in [-0.3, -0.25) is 4.79 Å². The summed E-state index contributed by atoms with van der Waals surface area (Å²) in [4.78, 5) is 12.9. The summed E-state index contributed by atoms with van der Waals surface area (Å²) in [6.45, 7) is 3.67. The highest BCUT2D eigenvalue weighted by Crippen LogP contribution is 2.27. The SMILES string of the molecule is CCS(=O)(=O)N1Cc2ccccc2C[C@@H]1C(=O)Nc1ccc(C)c(Cl)c1. The Hall–Kier alpha value is -1.89. The van der Waals surface area contributed by atoms with Crippen molar-refractivity contribution in [1.82, 2.24) is 4.31 Å². The largest absolute Gasteiger partial charge is 0.325 e. The van der Waals surface area contributed by atoms with Crippen LogP contribution in [-0.2, 0) is 27.8 Å². The Morgan fingerprint density at radius 3 is 2.58 bits per heavy atom. The van der Waals surface area contributed by atoms with E-state index in [0.29, 0.717) is 17.1 Å². The molecule has 0 saturated carbocycles. The van der Waals surface area contributed by atoms with E-state index in [1.165, 1.54) is 4.31 Å². The highest BCUT2D eigenvalue weighted by molar-refractivity contribution is 7.89. The maximum absolute atomic E-state index is 12.9. The molecule has 138 valence electrons. The van der Waals surface area contributed by atoms with Crippen molar-refractivity contribution < 1.29 is 13.2 Å². The number of fused-ring (bicyclic) bond motifs is 1. The molecular weight excluding hydrogens is 372 g/mol. The van der Waals surface area contributed by atoms with Gasteiger partial charge in [0.25, 0.3) is 0 Å². The minimum Gasteiger partial charge on any atom is -0.325 e. The molecule has 26 heavy (non-hydrogen) atoms. The number of carbonyl (C=O) groups is 1. The third-order valence-corrected chi connectivity index (χ3v) is 6.90. The van der Waals surface area contributed by atoms with Gasteiger partial charge >= 0.3 is 0 Å². The zero-order valence-corrected chi connectivity index (χ0v) is 16.3. The summed E-state index contributed by atoms with van der Waals surface area (Å²) in [7, 11) is -3.52. The normalized spacial score (nSPS) is 17.6. The zero-order chi connectivity index (χ0) is 18.9. The minimum atomic E-state index is -3.52. The first-order chi connectivity index (χ1) is 12.3. The minimum absolute atomic E-state index is 0.0463. The second kappa shape index (κ2) is 7.39. The van der Waals surface area contributed by atoms with Crippen LogP contribution in [0.15, 0.2) is 42.5 Å². The van der Waals surface area contributed by atoms with Crippen molar-refractivity contribution in [2.45, 2.75) is 32.9 Å². The number of amides is 1. The third kappa shape index (κ3) is 3.77. The van der Waals surface area contributed by atoms with Crippen molar-refractivity contribution >= 4 is 33.2 Å². The summed E-state index contributed by atoms with van der Waals surface area (Å²) in [5, 5.41) is 3.36. The van der Waals surface area contributed by atoms with Crippen molar-refractivity contribution in [2.75, 3.05) is 11.1 Å². The number of halogens is 1. The first-order valence-corrected chi connectivity index (χ1v) is 10.4. The zero-order valence-electron chi connectivity index (χ0n) is 14.7. The van der Waals surface area contributed by atoms with Crippen molar-refractivity contribution in [3.05, 3.63) is 64.2 Å². The maximum Gasteiger partial charge on any atom is 0.243 e. The van der Waals surface area contributed by atoms with E-state index in [1.807, 2.05) is 37.3 Å². The molecule has 1 aliphatic heterocycles. The number of sulfonamides is 1. The van der Waals surface area contributed by atoms with Gasteiger partial charge in [-0.05, 0) is 49.1 Å². The first kappa shape index (κ1) is 18.9. The molecule has 1 heterocycles. The van der Waals surface area contributed by atoms with Gasteiger partial charge in [-0.1, -0.05) is 41.9 Å². The third-order valence-electron chi connectivity index (χ3n) is 4.67. The molecule has 0 unspecified atom stereocenters. The second-order valence-electron chi connectivity index (χ2n) is 6.39. The van der Waals surface area contributed by atoms with E-state index < -0.39 is 16.1 Å². The van der Waals surface area contributed by atoms with Crippen molar-refractivity contribution in [2.24, 2.45) is 0 Å². The average Bonchev–Trinajstić information content (AvgIpc) is 2.63. The van der Waals surface area contributed by atoms with E-state index in [0.717, 1.165) is 16.7 Å². The molecule has 3 rings (SSSR count). The van der Waals surface area contributed by atoms with E-state index in [4.69, 9.17) is 11.6 Å². The van der Waals surface area contributed by atoms with Crippen LogP contribution in [0.5, 0.6) is 0 Å². The van der Waals surface area contributed by atoms with Crippen LogP contribution in [-0.4, -0.2) is 30.4 Å². The predicted octanol–water partition coefficient (Wildman–Crippen LogP) is 3.36. The van der Waals surface area contributed by atoms with Gasteiger partial charge < -0.3 is 5.32 Å². The highest BCUT2D eigenvalue weighted by Gasteiger charge is 2.37. The van der Waals surface area contributed by atoms with Crippen LogP contribution < -0.4 is 5.32 Å². The number of nitrogens with one attached hydrogen (secondary N) is 1. The van der Waals surface area contributed by atoms with E-state index >= 15 is 0 Å². The molecule has 0 fully saturated rings. The quantitative estimate of drug-likeness (QED) is 0.867. The molecule has 5 nitrogen and oxygen atoms in total. The molecule has 1 aliphatic rings. The number of aryl methyl sites for hydroxylation is 1. The van der Waals surface area contributed by atoms with Gasteiger partial charge in [0.1, 0.15) is 6.04 Å². The Balaban J connectivity index is 1.91. The number of benzene rings is 2. The van der Waals surface area contributed by atoms with Gasteiger partial charge in [0, 0.05) is 17.3 Å². The summed E-state index contributed by atoms with van der Waals surface area (Å²) in [5.41, 5.74) is 3.40. The lowest BCUT2D eigenvalue weighted by atomic mass is 9.95. The number of hydrogen-bond donors (Lipinski definition) is 1. The fourth-order valence-electron chi connectivity index (χ4n) is 3.08. The van der Waals surface area contributed by atoms with Crippen LogP contribution in [0.3, 0.4) is 0 Å². The van der Waals surface area contributed by atoms with Crippen LogP contribution in [0.25, 0.3) is 0 Å². The summed E-state index contributed by atoms with van der Waals surface area (Å²) in [6.07, 6.45) is 0.348. The van der Waals surface area contributed by atoms with Gasteiger partial charge in [0.2, 0.25) is 15.9 Å². The molecule has 0 spiro atoms.